The van der Waals surface area contributed by atoms with Gasteiger partial charge in [-0.3, -0.25) is 4.79 Å². The molecule has 0 unspecified atom stereocenters. The lowest BCUT2D eigenvalue weighted by atomic mass is 10.1. The van der Waals surface area contributed by atoms with E-state index in [2.05, 4.69) is 53.6 Å². The molecule has 2 heterocycles. The van der Waals surface area contributed by atoms with Crippen molar-refractivity contribution in [3.8, 4) is 22.1 Å². The standard InChI is InChI=1S/C15H14N2S.C9H8O3/c1-10-7-8-11(9-13(10)16-2)15-17-12-5-3-4-6-14(12)18-15;10-6-7-1-2-8-9(5-7)12-4-3-11-8/h3-9,16H,1-2H3;1-2,5-6H,3-4H2. The third kappa shape index (κ3) is 4.28. The van der Waals surface area contributed by atoms with E-state index in [1.165, 1.54) is 15.8 Å². The Balaban J connectivity index is 0.000000158. The number of hydrogen-bond acceptors (Lipinski definition) is 6. The highest BCUT2D eigenvalue weighted by Crippen LogP contribution is 2.32. The number of aryl methyl sites for hydroxylation is 1. The second kappa shape index (κ2) is 8.97. The van der Waals surface area contributed by atoms with Crippen molar-refractivity contribution in [2.75, 3.05) is 25.6 Å². The topological polar surface area (TPSA) is 60.5 Å². The van der Waals surface area contributed by atoms with Gasteiger partial charge in [0.15, 0.2) is 11.5 Å². The summed E-state index contributed by atoms with van der Waals surface area (Å²) in [5, 5.41) is 4.29. The smallest absolute Gasteiger partial charge is 0.162 e. The van der Waals surface area contributed by atoms with Crippen LogP contribution in [-0.2, 0) is 0 Å². The van der Waals surface area contributed by atoms with Gasteiger partial charge in [-0.2, -0.15) is 0 Å². The molecule has 5 nitrogen and oxygen atoms in total. The zero-order chi connectivity index (χ0) is 20.9. The van der Waals surface area contributed by atoms with Crippen molar-refractivity contribution in [2.24, 2.45) is 0 Å². The zero-order valence-corrected chi connectivity index (χ0v) is 17.7. The Morgan fingerprint density at radius 1 is 1.00 bits per heavy atom. The van der Waals surface area contributed by atoms with Crippen molar-refractivity contribution in [3.63, 3.8) is 0 Å². The first-order chi connectivity index (χ1) is 14.7. The number of thiazole rings is 1. The number of hydrogen-bond donors (Lipinski definition) is 1. The van der Waals surface area contributed by atoms with Crippen molar-refractivity contribution in [1.29, 1.82) is 0 Å². The van der Waals surface area contributed by atoms with Crippen LogP contribution < -0.4 is 14.8 Å². The van der Waals surface area contributed by atoms with E-state index in [9.17, 15) is 4.79 Å². The Bertz CT molecular complexity index is 1150. The van der Waals surface area contributed by atoms with Crippen LogP contribution in [0.5, 0.6) is 11.5 Å². The monoisotopic (exact) mass is 418 g/mol. The average Bonchev–Trinajstić information content (AvgIpc) is 3.24. The normalized spacial score (nSPS) is 12.1. The molecule has 1 N–H and O–H groups in total. The predicted molar refractivity (Wildman–Crippen MR) is 122 cm³/mol. The van der Waals surface area contributed by atoms with Crippen LogP contribution in [0.25, 0.3) is 20.8 Å². The Labute approximate surface area is 179 Å². The third-order valence-electron chi connectivity index (χ3n) is 4.75. The molecular weight excluding hydrogens is 396 g/mol. The summed E-state index contributed by atoms with van der Waals surface area (Å²) in [6.07, 6.45) is 0.790. The summed E-state index contributed by atoms with van der Waals surface area (Å²) >= 11 is 1.74. The Kier molecular flexibility index (Phi) is 5.95. The van der Waals surface area contributed by atoms with Gasteiger partial charge in [0, 0.05) is 23.9 Å². The van der Waals surface area contributed by atoms with Crippen LogP contribution >= 0.6 is 11.3 Å². The molecule has 4 aromatic rings. The molecule has 0 radical (unpaired) electrons. The quantitative estimate of drug-likeness (QED) is 0.440. The maximum atomic E-state index is 10.4. The Morgan fingerprint density at radius 3 is 2.57 bits per heavy atom. The Morgan fingerprint density at radius 2 is 1.80 bits per heavy atom. The highest BCUT2D eigenvalue weighted by Gasteiger charge is 2.11. The summed E-state index contributed by atoms with van der Waals surface area (Å²) in [7, 11) is 1.95. The lowest BCUT2D eigenvalue weighted by Crippen LogP contribution is -2.15. The van der Waals surface area contributed by atoms with E-state index in [1.807, 2.05) is 13.1 Å². The van der Waals surface area contributed by atoms with Crippen LogP contribution in [0.4, 0.5) is 5.69 Å². The molecule has 3 aromatic carbocycles. The van der Waals surface area contributed by atoms with Gasteiger partial charge in [-0.15, -0.1) is 11.3 Å². The second-order valence-corrected chi connectivity index (χ2v) is 7.82. The first-order valence-corrected chi connectivity index (χ1v) is 10.5. The lowest BCUT2D eigenvalue weighted by molar-refractivity contribution is 0.112. The van der Waals surface area contributed by atoms with Gasteiger partial charge in [0.2, 0.25) is 0 Å². The van der Waals surface area contributed by atoms with Gasteiger partial charge < -0.3 is 14.8 Å². The van der Waals surface area contributed by atoms with Crippen LogP contribution in [0, 0.1) is 6.92 Å². The van der Waals surface area contributed by atoms with Gasteiger partial charge in [0.05, 0.1) is 10.2 Å². The number of rotatable bonds is 3. The number of aromatic nitrogens is 1. The number of benzene rings is 3. The first-order valence-electron chi connectivity index (χ1n) is 9.67. The van der Waals surface area contributed by atoms with Crippen LogP contribution in [0.2, 0.25) is 0 Å². The predicted octanol–water partition coefficient (Wildman–Crippen LogP) is 5.58. The number of para-hydroxylation sites is 1. The molecule has 0 saturated carbocycles. The molecule has 0 amide bonds. The molecule has 0 atom stereocenters. The van der Waals surface area contributed by atoms with Crippen LogP contribution in [0.3, 0.4) is 0 Å². The van der Waals surface area contributed by atoms with E-state index in [1.54, 1.807) is 29.5 Å². The fraction of sp³-hybridized carbons (Fsp3) is 0.167. The lowest BCUT2D eigenvalue weighted by Gasteiger charge is -2.17. The van der Waals surface area contributed by atoms with E-state index < -0.39 is 0 Å². The molecule has 5 rings (SSSR count). The number of nitrogens with one attached hydrogen (secondary N) is 1. The van der Waals surface area contributed by atoms with Crippen LogP contribution in [0.15, 0.2) is 60.7 Å². The zero-order valence-electron chi connectivity index (χ0n) is 16.8. The number of anilines is 1. The van der Waals surface area contributed by atoms with Crippen molar-refractivity contribution in [1.82, 2.24) is 4.98 Å². The summed E-state index contributed by atoms with van der Waals surface area (Å²) < 4.78 is 11.8. The SMILES string of the molecule is CNc1cc(-c2nc3ccccc3s2)ccc1C.O=Cc1ccc2c(c1)OCCO2. The van der Waals surface area contributed by atoms with Crippen molar-refractivity contribution < 1.29 is 14.3 Å². The van der Waals surface area contributed by atoms with Crippen LogP contribution in [-0.4, -0.2) is 31.5 Å². The first kappa shape index (κ1) is 19.9. The van der Waals surface area contributed by atoms with E-state index >= 15 is 0 Å². The third-order valence-corrected chi connectivity index (χ3v) is 5.84. The molecular formula is C24H22N2O3S. The summed E-state index contributed by atoms with van der Waals surface area (Å²) in [5.74, 6) is 1.37. The minimum absolute atomic E-state index is 0.551. The van der Waals surface area contributed by atoms with Gasteiger partial charge >= 0.3 is 0 Å². The number of carbonyl (C=O) groups is 1. The minimum Gasteiger partial charge on any atom is -0.486 e. The van der Waals surface area contributed by atoms with Crippen molar-refractivity contribution >= 4 is 33.5 Å². The van der Waals surface area contributed by atoms with E-state index in [0.29, 0.717) is 30.3 Å². The summed E-state index contributed by atoms with van der Waals surface area (Å²) in [6, 6.07) is 19.8. The molecule has 1 aromatic heterocycles. The molecule has 0 aliphatic carbocycles. The molecule has 30 heavy (non-hydrogen) atoms. The van der Waals surface area contributed by atoms with Gasteiger partial charge in [-0.1, -0.05) is 24.3 Å². The van der Waals surface area contributed by atoms with Crippen molar-refractivity contribution in [2.45, 2.75) is 6.92 Å². The number of nitrogens with zero attached hydrogens (tertiary/aromatic N) is 1. The fourth-order valence-electron chi connectivity index (χ4n) is 3.15. The number of ether oxygens (including phenoxy) is 2. The van der Waals surface area contributed by atoms with Crippen molar-refractivity contribution in [3.05, 3.63) is 71.8 Å². The maximum absolute atomic E-state index is 10.4. The molecule has 0 fully saturated rings. The van der Waals surface area contributed by atoms with Gasteiger partial charge in [-0.05, 0) is 48.9 Å². The molecule has 0 bridgehead atoms. The van der Waals surface area contributed by atoms with E-state index in [0.717, 1.165) is 22.5 Å². The molecule has 152 valence electrons. The fourth-order valence-corrected chi connectivity index (χ4v) is 4.12. The van der Waals surface area contributed by atoms with E-state index in [-0.39, 0.29) is 0 Å². The second-order valence-electron chi connectivity index (χ2n) is 6.79. The number of aldehydes is 1. The highest BCUT2D eigenvalue weighted by atomic mass is 32.1. The number of fused-ring (bicyclic) bond motifs is 2. The largest absolute Gasteiger partial charge is 0.486 e. The molecule has 6 heteroatoms. The van der Waals surface area contributed by atoms with Gasteiger partial charge in [0.1, 0.15) is 24.5 Å². The van der Waals surface area contributed by atoms with Gasteiger partial charge in [0.25, 0.3) is 0 Å². The molecule has 1 aliphatic heterocycles. The van der Waals surface area contributed by atoms with Crippen LogP contribution in [0.1, 0.15) is 15.9 Å². The number of carbonyl (C=O) groups excluding carboxylic acids is 1. The van der Waals surface area contributed by atoms with Gasteiger partial charge in [-0.25, -0.2) is 4.98 Å². The maximum Gasteiger partial charge on any atom is 0.162 e. The molecule has 1 aliphatic rings. The summed E-state index contributed by atoms with van der Waals surface area (Å²) in [5.41, 5.74) is 5.27. The molecule has 0 saturated heterocycles. The molecule has 0 spiro atoms. The average molecular weight is 419 g/mol. The minimum atomic E-state index is 0.551. The Hall–Kier alpha value is -3.38. The highest BCUT2D eigenvalue weighted by molar-refractivity contribution is 7.21. The summed E-state index contributed by atoms with van der Waals surface area (Å²) in [4.78, 5) is 15.1. The van der Waals surface area contributed by atoms with E-state index in [4.69, 9.17) is 9.47 Å². The summed E-state index contributed by atoms with van der Waals surface area (Å²) in [6.45, 7) is 3.23.